The average Bonchev–Trinajstić information content (AvgIpc) is 2.27. The van der Waals surface area contributed by atoms with Crippen LogP contribution in [0.5, 0.6) is 0 Å². The Morgan fingerprint density at radius 3 is 2.67 bits per heavy atom. The van der Waals surface area contributed by atoms with Gasteiger partial charge < -0.3 is 21.5 Å². The van der Waals surface area contributed by atoms with Crippen molar-refractivity contribution in [2.75, 3.05) is 11.9 Å². The zero-order valence-electron chi connectivity index (χ0n) is 9.61. The molecule has 0 spiro atoms. The standard InChI is InChI=1S/C11H14ClN3O3/c12-8-3-7(6-13)4-9(5-8)15-10(16)1-2-18-11(14)17/h3-5H,1-2,6,13H2,(H2,14,17)(H,15,16). The van der Waals surface area contributed by atoms with Crippen LogP contribution in [0.4, 0.5) is 10.5 Å². The highest BCUT2D eigenvalue weighted by Crippen LogP contribution is 2.18. The summed E-state index contributed by atoms with van der Waals surface area (Å²) in [6.45, 7) is 0.264. The van der Waals surface area contributed by atoms with Crippen molar-refractivity contribution in [2.45, 2.75) is 13.0 Å². The van der Waals surface area contributed by atoms with Crippen LogP contribution < -0.4 is 16.8 Å². The molecule has 0 bridgehead atoms. The molecule has 0 radical (unpaired) electrons. The molecule has 2 amide bonds. The highest BCUT2D eigenvalue weighted by molar-refractivity contribution is 6.31. The van der Waals surface area contributed by atoms with Crippen molar-refractivity contribution in [3.63, 3.8) is 0 Å². The van der Waals surface area contributed by atoms with Crippen LogP contribution in [0.1, 0.15) is 12.0 Å². The van der Waals surface area contributed by atoms with Crippen LogP contribution in [0.2, 0.25) is 5.02 Å². The number of benzene rings is 1. The summed E-state index contributed by atoms with van der Waals surface area (Å²) in [5.74, 6) is -0.304. The normalized spacial score (nSPS) is 9.89. The van der Waals surface area contributed by atoms with Crippen LogP contribution in [0.25, 0.3) is 0 Å². The van der Waals surface area contributed by atoms with Gasteiger partial charge in [0.2, 0.25) is 5.91 Å². The largest absolute Gasteiger partial charge is 0.449 e. The summed E-state index contributed by atoms with van der Waals surface area (Å²) >= 11 is 5.87. The van der Waals surface area contributed by atoms with Gasteiger partial charge in [0.05, 0.1) is 6.42 Å². The van der Waals surface area contributed by atoms with E-state index in [-0.39, 0.29) is 18.9 Å². The minimum absolute atomic E-state index is 0.0212. The van der Waals surface area contributed by atoms with Crippen LogP contribution in [-0.2, 0) is 16.1 Å². The van der Waals surface area contributed by atoms with Gasteiger partial charge in [-0.2, -0.15) is 0 Å². The molecule has 5 N–H and O–H groups in total. The lowest BCUT2D eigenvalue weighted by molar-refractivity contribution is -0.116. The molecule has 0 saturated heterocycles. The average molecular weight is 272 g/mol. The summed E-state index contributed by atoms with van der Waals surface area (Å²) in [7, 11) is 0. The van der Waals surface area contributed by atoms with Crippen molar-refractivity contribution in [1.29, 1.82) is 0 Å². The Morgan fingerprint density at radius 1 is 1.33 bits per heavy atom. The van der Waals surface area contributed by atoms with E-state index in [9.17, 15) is 9.59 Å². The highest BCUT2D eigenvalue weighted by atomic mass is 35.5. The molecule has 0 aliphatic heterocycles. The van der Waals surface area contributed by atoms with E-state index in [1.54, 1.807) is 18.2 Å². The van der Waals surface area contributed by atoms with Crippen LogP contribution in [-0.4, -0.2) is 18.6 Å². The lowest BCUT2D eigenvalue weighted by Crippen LogP contribution is -2.19. The van der Waals surface area contributed by atoms with E-state index in [1.807, 2.05) is 0 Å². The molecule has 1 aromatic rings. The Bertz CT molecular complexity index is 451. The molecular weight excluding hydrogens is 258 g/mol. The van der Waals surface area contributed by atoms with E-state index in [0.29, 0.717) is 17.3 Å². The van der Waals surface area contributed by atoms with Gasteiger partial charge in [-0.3, -0.25) is 4.79 Å². The fourth-order valence-corrected chi connectivity index (χ4v) is 1.57. The van der Waals surface area contributed by atoms with E-state index >= 15 is 0 Å². The molecule has 18 heavy (non-hydrogen) atoms. The van der Waals surface area contributed by atoms with Gasteiger partial charge in [0.15, 0.2) is 0 Å². The summed E-state index contributed by atoms with van der Waals surface area (Å²) in [4.78, 5) is 21.8. The molecule has 6 nitrogen and oxygen atoms in total. The molecule has 0 saturated carbocycles. The lowest BCUT2D eigenvalue weighted by Gasteiger charge is -2.07. The Labute approximate surface area is 109 Å². The van der Waals surface area contributed by atoms with Crippen molar-refractivity contribution < 1.29 is 14.3 Å². The maximum absolute atomic E-state index is 11.5. The lowest BCUT2D eigenvalue weighted by atomic mass is 10.2. The maximum Gasteiger partial charge on any atom is 0.404 e. The number of halogens is 1. The maximum atomic E-state index is 11.5. The van der Waals surface area contributed by atoms with Gasteiger partial charge in [0, 0.05) is 17.3 Å². The second-order valence-corrected chi connectivity index (χ2v) is 3.95. The second-order valence-electron chi connectivity index (χ2n) is 3.52. The van der Waals surface area contributed by atoms with Gasteiger partial charge in [-0.1, -0.05) is 11.6 Å². The first kappa shape index (κ1) is 14.3. The fraction of sp³-hybridized carbons (Fsp3) is 0.273. The van der Waals surface area contributed by atoms with Crippen LogP contribution in [0.15, 0.2) is 18.2 Å². The van der Waals surface area contributed by atoms with E-state index in [4.69, 9.17) is 23.1 Å². The molecule has 0 unspecified atom stereocenters. The van der Waals surface area contributed by atoms with Crippen LogP contribution in [0, 0.1) is 0 Å². The van der Waals surface area contributed by atoms with E-state index in [1.165, 1.54) is 0 Å². The van der Waals surface area contributed by atoms with E-state index in [0.717, 1.165) is 5.56 Å². The number of anilines is 1. The van der Waals surface area contributed by atoms with Gasteiger partial charge in [-0.15, -0.1) is 0 Å². The molecule has 0 fully saturated rings. The van der Waals surface area contributed by atoms with Crippen molar-refractivity contribution in [3.8, 4) is 0 Å². The summed E-state index contributed by atoms with van der Waals surface area (Å²) < 4.78 is 4.45. The van der Waals surface area contributed by atoms with Crippen LogP contribution >= 0.6 is 11.6 Å². The van der Waals surface area contributed by atoms with Crippen molar-refractivity contribution in [3.05, 3.63) is 28.8 Å². The number of hydrogen-bond donors (Lipinski definition) is 3. The molecule has 98 valence electrons. The molecule has 0 aromatic heterocycles. The molecule has 0 aliphatic rings. The number of ether oxygens (including phenoxy) is 1. The predicted octanol–water partition coefficient (Wildman–Crippen LogP) is 1.22. The van der Waals surface area contributed by atoms with Gasteiger partial charge >= 0.3 is 6.09 Å². The molecular formula is C11H14ClN3O3. The predicted molar refractivity (Wildman–Crippen MR) is 68.1 cm³/mol. The van der Waals surface area contributed by atoms with Gasteiger partial charge in [0.1, 0.15) is 6.61 Å². The summed E-state index contributed by atoms with van der Waals surface area (Å²) in [5.41, 5.74) is 11.6. The van der Waals surface area contributed by atoms with Gasteiger partial charge in [-0.05, 0) is 23.8 Å². The Kier molecular flexibility index (Phi) is 5.41. The SMILES string of the molecule is NCc1cc(Cl)cc(NC(=O)CCOC(N)=O)c1. The molecule has 1 rings (SSSR count). The van der Waals surface area contributed by atoms with Gasteiger partial charge in [-0.25, -0.2) is 4.79 Å². The number of carbonyl (C=O) groups excluding carboxylic acids is 2. The first-order chi connectivity index (χ1) is 8.51. The number of nitrogens with two attached hydrogens (primary N) is 2. The zero-order valence-corrected chi connectivity index (χ0v) is 10.4. The molecule has 0 atom stereocenters. The Hall–Kier alpha value is -1.79. The summed E-state index contributed by atoms with van der Waals surface area (Å²) in [6.07, 6.45) is -0.885. The minimum Gasteiger partial charge on any atom is -0.449 e. The van der Waals surface area contributed by atoms with Crippen LogP contribution in [0.3, 0.4) is 0 Å². The number of amides is 2. The number of carbonyl (C=O) groups is 2. The van der Waals surface area contributed by atoms with Crippen molar-refractivity contribution >= 4 is 29.3 Å². The summed E-state index contributed by atoms with van der Waals surface area (Å²) in [6, 6.07) is 5.04. The number of rotatable bonds is 5. The molecule has 7 heteroatoms. The van der Waals surface area contributed by atoms with Crippen molar-refractivity contribution in [1.82, 2.24) is 0 Å². The third kappa shape index (κ3) is 5.03. The van der Waals surface area contributed by atoms with E-state index < -0.39 is 6.09 Å². The first-order valence-electron chi connectivity index (χ1n) is 5.23. The number of primary amides is 1. The topological polar surface area (TPSA) is 107 Å². The fourth-order valence-electron chi connectivity index (χ4n) is 1.31. The first-order valence-corrected chi connectivity index (χ1v) is 5.60. The molecule has 1 aromatic carbocycles. The third-order valence-corrected chi connectivity index (χ3v) is 2.27. The summed E-state index contributed by atoms with van der Waals surface area (Å²) in [5, 5.41) is 3.11. The van der Waals surface area contributed by atoms with E-state index in [2.05, 4.69) is 10.1 Å². The quantitative estimate of drug-likeness (QED) is 0.748. The Balaban J connectivity index is 2.53. The third-order valence-electron chi connectivity index (χ3n) is 2.05. The number of nitrogens with one attached hydrogen (secondary N) is 1. The number of hydrogen-bond acceptors (Lipinski definition) is 4. The monoisotopic (exact) mass is 271 g/mol. The minimum atomic E-state index is -0.907. The van der Waals surface area contributed by atoms with Gasteiger partial charge in [0.25, 0.3) is 0 Å². The second kappa shape index (κ2) is 6.83. The smallest absolute Gasteiger partial charge is 0.404 e. The molecule has 0 heterocycles. The zero-order chi connectivity index (χ0) is 13.5. The Morgan fingerprint density at radius 2 is 2.06 bits per heavy atom. The van der Waals surface area contributed by atoms with Crippen molar-refractivity contribution in [2.24, 2.45) is 11.5 Å². The molecule has 0 aliphatic carbocycles. The highest BCUT2D eigenvalue weighted by Gasteiger charge is 2.05.